The van der Waals surface area contributed by atoms with Crippen molar-refractivity contribution in [3.8, 4) is 5.75 Å². The summed E-state index contributed by atoms with van der Waals surface area (Å²) in [5.74, 6) is 0.519. The van der Waals surface area contributed by atoms with Crippen molar-refractivity contribution in [1.29, 1.82) is 0 Å². The molecule has 10 heteroatoms. The molecule has 0 aliphatic carbocycles. The molecule has 4 rings (SSSR count). The number of rotatable bonds is 6. The van der Waals surface area contributed by atoms with Crippen LogP contribution < -0.4 is 4.74 Å². The molecule has 176 valence electrons. The predicted octanol–water partition coefficient (Wildman–Crippen LogP) is 3.43. The van der Waals surface area contributed by atoms with E-state index >= 15 is 0 Å². The fraction of sp³-hybridized carbons (Fsp3) is 0.391. The Labute approximate surface area is 198 Å². The minimum atomic E-state index is -3.50. The van der Waals surface area contributed by atoms with Gasteiger partial charge in [-0.3, -0.25) is 4.79 Å². The first-order valence-corrected chi connectivity index (χ1v) is 13.1. The standard InChI is InChI=1S/C23H28N4O4S2/c1-23(2,3)18-6-8-19(9-7-18)31-17-26-11-10-20(24-26)22(28)25-12-14-27(15-13-25)33(29,30)21-5-4-16-32-21/h4-11,16H,12-15,17H2,1-3H3. The lowest BCUT2D eigenvalue weighted by molar-refractivity contribution is 0.0690. The Balaban J connectivity index is 1.31. The highest BCUT2D eigenvalue weighted by atomic mass is 32.2. The third kappa shape index (κ3) is 5.29. The third-order valence-corrected chi connectivity index (χ3v) is 8.83. The van der Waals surface area contributed by atoms with Gasteiger partial charge in [0.1, 0.15) is 9.96 Å². The van der Waals surface area contributed by atoms with E-state index in [0.29, 0.717) is 23.0 Å². The highest BCUT2D eigenvalue weighted by molar-refractivity contribution is 7.91. The van der Waals surface area contributed by atoms with Crippen LogP contribution in [0, 0.1) is 0 Å². The number of amides is 1. The molecule has 3 heterocycles. The maximum Gasteiger partial charge on any atom is 0.274 e. The number of thiophene rings is 1. The molecule has 0 N–H and O–H groups in total. The van der Waals surface area contributed by atoms with Crippen molar-refractivity contribution in [1.82, 2.24) is 19.0 Å². The van der Waals surface area contributed by atoms with E-state index in [4.69, 9.17) is 4.74 Å². The summed E-state index contributed by atoms with van der Waals surface area (Å²) >= 11 is 1.20. The van der Waals surface area contributed by atoms with E-state index in [-0.39, 0.29) is 31.1 Å². The van der Waals surface area contributed by atoms with Crippen LogP contribution in [0.2, 0.25) is 0 Å². The third-order valence-electron chi connectivity index (χ3n) is 5.56. The van der Waals surface area contributed by atoms with Crippen LogP contribution in [0.25, 0.3) is 0 Å². The van der Waals surface area contributed by atoms with Crippen molar-refractivity contribution in [2.75, 3.05) is 26.2 Å². The summed E-state index contributed by atoms with van der Waals surface area (Å²) in [6.45, 7) is 7.85. The maximum atomic E-state index is 12.8. The lowest BCUT2D eigenvalue weighted by atomic mass is 9.87. The number of benzene rings is 1. The lowest BCUT2D eigenvalue weighted by Gasteiger charge is -2.33. The molecule has 1 aliphatic heterocycles. The van der Waals surface area contributed by atoms with Gasteiger partial charge in [0.2, 0.25) is 0 Å². The number of carbonyl (C=O) groups excluding carboxylic acids is 1. The van der Waals surface area contributed by atoms with E-state index in [0.717, 1.165) is 5.75 Å². The quantitative estimate of drug-likeness (QED) is 0.531. The lowest BCUT2D eigenvalue weighted by Crippen LogP contribution is -2.50. The molecule has 1 saturated heterocycles. The maximum absolute atomic E-state index is 12.8. The topological polar surface area (TPSA) is 84.7 Å². The number of ether oxygens (including phenoxy) is 1. The van der Waals surface area contributed by atoms with Crippen molar-refractivity contribution in [3.63, 3.8) is 0 Å². The minimum Gasteiger partial charge on any atom is -0.471 e. The summed E-state index contributed by atoms with van der Waals surface area (Å²) in [4.78, 5) is 14.5. The van der Waals surface area contributed by atoms with Crippen molar-refractivity contribution in [2.24, 2.45) is 0 Å². The highest BCUT2D eigenvalue weighted by Gasteiger charge is 2.31. The van der Waals surface area contributed by atoms with E-state index in [1.165, 1.54) is 21.2 Å². The summed E-state index contributed by atoms with van der Waals surface area (Å²) in [6.07, 6.45) is 1.70. The first-order valence-electron chi connectivity index (χ1n) is 10.7. The van der Waals surface area contributed by atoms with Gasteiger partial charge in [0, 0.05) is 32.4 Å². The Kier molecular flexibility index (Phi) is 6.60. The second-order valence-electron chi connectivity index (χ2n) is 8.92. The molecule has 3 aromatic rings. The Bertz CT molecular complexity index is 1190. The number of piperazine rings is 1. The van der Waals surface area contributed by atoms with Gasteiger partial charge in [-0.25, -0.2) is 13.1 Å². The molecular weight excluding hydrogens is 460 g/mol. The molecule has 0 bridgehead atoms. The van der Waals surface area contributed by atoms with Crippen LogP contribution in [-0.4, -0.2) is 59.5 Å². The molecule has 1 aromatic carbocycles. The molecule has 0 unspecified atom stereocenters. The molecule has 0 spiro atoms. The molecule has 0 atom stereocenters. The second kappa shape index (κ2) is 9.28. The number of hydrogen-bond acceptors (Lipinski definition) is 6. The molecule has 8 nitrogen and oxygen atoms in total. The number of hydrogen-bond donors (Lipinski definition) is 0. The van der Waals surface area contributed by atoms with Gasteiger partial charge < -0.3 is 9.64 Å². The van der Waals surface area contributed by atoms with Crippen LogP contribution in [0.15, 0.2) is 58.3 Å². The average Bonchev–Trinajstić information content (AvgIpc) is 3.50. The predicted molar refractivity (Wildman–Crippen MR) is 127 cm³/mol. The van der Waals surface area contributed by atoms with E-state index in [1.54, 1.807) is 39.4 Å². The molecule has 1 amide bonds. The van der Waals surface area contributed by atoms with Crippen LogP contribution in [0.1, 0.15) is 36.8 Å². The number of carbonyl (C=O) groups is 1. The van der Waals surface area contributed by atoms with Crippen LogP contribution in [0.3, 0.4) is 0 Å². The van der Waals surface area contributed by atoms with E-state index < -0.39 is 10.0 Å². The SMILES string of the molecule is CC(C)(C)c1ccc(OCn2ccc(C(=O)N3CCN(S(=O)(=O)c4cccs4)CC3)n2)cc1. The fourth-order valence-corrected chi connectivity index (χ4v) is 6.14. The number of nitrogens with zero attached hydrogens (tertiary/aromatic N) is 4. The van der Waals surface area contributed by atoms with Gasteiger partial charge in [0.05, 0.1) is 0 Å². The van der Waals surface area contributed by atoms with E-state index in [2.05, 4.69) is 25.9 Å². The Morgan fingerprint density at radius 3 is 2.36 bits per heavy atom. The van der Waals surface area contributed by atoms with Crippen LogP contribution in [0.5, 0.6) is 5.75 Å². The fourth-order valence-electron chi connectivity index (χ4n) is 3.57. The molecule has 0 radical (unpaired) electrons. The Hall–Kier alpha value is -2.69. The van der Waals surface area contributed by atoms with Crippen LogP contribution >= 0.6 is 11.3 Å². The zero-order chi connectivity index (χ0) is 23.6. The summed E-state index contributed by atoms with van der Waals surface area (Å²) in [5.41, 5.74) is 1.62. The molecule has 1 fully saturated rings. The van der Waals surface area contributed by atoms with Gasteiger partial charge in [-0.15, -0.1) is 11.3 Å². The monoisotopic (exact) mass is 488 g/mol. The van der Waals surface area contributed by atoms with E-state index in [9.17, 15) is 13.2 Å². The van der Waals surface area contributed by atoms with Crippen molar-refractivity contribution in [2.45, 2.75) is 37.1 Å². The first-order chi connectivity index (χ1) is 15.6. The summed E-state index contributed by atoms with van der Waals surface area (Å²) < 4.78 is 34.4. The summed E-state index contributed by atoms with van der Waals surface area (Å²) in [5, 5.41) is 6.08. The minimum absolute atomic E-state index is 0.0788. The first kappa shape index (κ1) is 23.5. The molecular formula is C23H28N4O4S2. The summed E-state index contributed by atoms with van der Waals surface area (Å²) in [6, 6.07) is 12.9. The Morgan fingerprint density at radius 1 is 1.06 bits per heavy atom. The molecule has 33 heavy (non-hydrogen) atoms. The summed E-state index contributed by atoms with van der Waals surface area (Å²) in [7, 11) is -3.50. The van der Waals surface area contributed by atoms with Gasteiger partial charge in [-0.05, 0) is 40.6 Å². The Morgan fingerprint density at radius 2 is 1.76 bits per heavy atom. The average molecular weight is 489 g/mol. The van der Waals surface area contributed by atoms with Gasteiger partial charge >= 0.3 is 0 Å². The number of sulfonamides is 1. The van der Waals surface area contributed by atoms with Crippen molar-refractivity contribution < 1.29 is 17.9 Å². The largest absolute Gasteiger partial charge is 0.471 e. The van der Waals surface area contributed by atoms with Crippen LogP contribution in [-0.2, 0) is 22.2 Å². The zero-order valence-electron chi connectivity index (χ0n) is 19.0. The number of aromatic nitrogens is 2. The van der Waals surface area contributed by atoms with Gasteiger partial charge in [-0.2, -0.15) is 9.40 Å². The van der Waals surface area contributed by atoms with Crippen molar-refractivity contribution in [3.05, 3.63) is 65.3 Å². The zero-order valence-corrected chi connectivity index (χ0v) is 20.6. The normalized spacial score (nSPS) is 15.5. The van der Waals surface area contributed by atoms with Gasteiger partial charge in [0.15, 0.2) is 12.4 Å². The van der Waals surface area contributed by atoms with Crippen molar-refractivity contribution >= 4 is 27.3 Å². The van der Waals surface area contributed by atoms with Crippen LogP contribution in [0.4, 0.5) is 0 Å². The molecule has 0 saturated carbocycles. The smallest absolute Gasteiger partial charge is 0.274 e. The van der Waals surface area contributed by atoms with Gasteiger partial charge in [-0.1, -0.05) is 39.0 Å². The second-order valence-corrected chi connectivity index (χ2v) is 12.0. The molecule has 1 aliphatic rings. The van der Waals surface area contributed by atoms with E-state index in [1.807, 2.05) is 24.3 Å². The molecule has 2 aromatic heterocycles. The van der Waals surface area contributed by atoms with Gasteiger partial charge in [0.25, 0.3) is 15.9 Å². The highest BCUT2D eigenvalue weighted by Crippen LogP contribution is 2.25.